The molecule has 0 bridgehead atoms. The molecule has 5 nitrogen and oxygen atoms in total. The molecule has 1 fully saturated rings. The van der Waals surface area contributed by atoms with E-state index in [2.05, 4.69) is 42.3 Å². The molecule has 0 amide bonds. The Bertz CT molecular complexity index is 1040. The van der Waals surface area contributed by atoms with Gasteiger partial charge in [-0.25, -0.2) is 9.97 Å². The number of thiophene rings is 1. The minimum Gasteiger partial charge on any atom is -0.367 e. The Morgan fingerprint density at radius 2 is 2.00 bits per heavy atom. The number of pyridine rings is 1. The number of hydrogen-bond donors (Lipinski definition) is 1. The third kappa shape index (κ3) is 3.50. The first-order chi connectivity index (χ1) is 14.1. The fourth-order valence-corrected chi connectivity index (χ4v) is 6.14. The summed E-state index contributed by atoms with van der Waals surface area (Å²) in [6.07, 6.45) is 13.3. The van der Waals surface area contributed by atoms with E-state index >= 15 is 0 Å². The van der Waals surface area contributed by atoms with Gasteiger partial charge in [-0.05, 0) is 38.7 Å². The number of rotatable bonds is 4. The molecule has 3 aromatic heterocycles. The lowest BCUT2D eigenvalue weighted by molar-refractivity contribution is -0.0877. The van der Waals surface area contributed by atoms with Crippen molar-refractivity contribution < 1.29 is 4.74 Å². The molecule has 6 heteroatoms. The Morgan fingerprint density at radius 1 is 1.17 bits per heavy atom. The second kappa shape index (κ2) is 7.47. The van der Waals surface area contributed by atoms with Gasteiger partial charge in [0, 0.05) is 24.2 Å². The summed E-state index contributed by atoms with van der Waals surface area (Å²) < 4.78 is 7.68. The van der Waals surface area contributed by atoms with Crippen LogP contribution in [0.3, 0.4) is 0 Å². The van der Waals surface area contributed by atoms with Crippen molar-refractivity contribution in [2.45, 2.75) is 89.9 Å². The number of fused-ring (bicyclic) bond motifs is 5. The topological polar surface area (TPSA) is 59.9 Å². The normalized spacial score (nSPS) is 22.1. The van der Waals surface area contributed by atoms with Crippen molar-refractivity contribution in [3.63, 3.8) is 0 Å². The van der Waals surface area contributed by atoms with Gasteiger partial charge < -0.3 is 10.1 Å². The summed E-state index contributed by atoms with van der Waals surface area (Å²) in [4.78, 5) is 15.2. The molecule has 0 saturated heterocycles. The highest BCUT2D eigenvalue weighted by molar-refractivity contribution is 7.25. The van der Waals surface area contributed by atoms with Crippen LogP contribution < -0.4 is 5.32 Å². The zero-order chi connectivity index (χ0) is 20.0. The smallest absolute Gasteiger partial charge is 0.140 e. The summed E-state index contributed by atoms with van der Waals surface area (Å²) in [7, 11) is 0. The predicted molar refractivity (Wildman–Crippen MR) is 120 cm³/mol. The molecule has 4 heterocycles. The molecular formula is C23H30N4OS. The quantitative estimate of drug-likeness (QED) is 0.557. The summed E-state index contributed by atoms with van der Waals surface area (Å²) in [5.41, 5.74) is 3.55. The molecule has 1 unspecified atom stereocenters. The number of anilines is 1. The van der Waals surface area contributed by atoms with Crippen molar-refractivity contribution in [1.82, 2.24) is 15.0 Å². The van der Waals surface area contributed by atoms with Crippen LogP contribution >= 0.6 is 11.3 Å². The second-order valence-electron chi connectivity index (χ2n) is 9.19. The van der Waals surface area contributed by atoms with Crippen LogP contribution in [-0.2, 0) is 11.2 Å². The van der Waals surface area contributed by atoms with Crippen LogP contribution in [0.4, 0.5) is 5.82 Å². The lowest BCUT2D eigenvalue weighted by Crippen LogP contribution is -2.34. The fraction of sp³-hybridized carbons (Fsp3) is 0.609. The maximum absolute atomic E-state index is 6.41. The first-order valence-electron chi connectivity index (χ1n) is 11.0. The largest absolute Gasteiger partial charge is 0.367 e. The maximum Gasteiger partial charge on any atom is 0.140 e. The molecule has 0 spiro atoms. The second-order valence-corrected chi connectivity index (χ2v) is 10.2. The van der Waals surface area contributed by atoms with E-state index in [1.807, 2.05) is 0 Å². The molecule has 1 N–H and O–H groups in total. The van der Waals surface area contributed by atoms with Gasteiger partial charge >= 0.3 is 0 Å². The zero-order valence-electron chi connectivity index (χ0n) is 17.6. The van der Waals surface area contributed by atoms with Crippen LogP contribution in [0.1, 0.15) is 82.9 Å². The van der Waals surface area contributed by atoms with Crippen LogP contribution in [0, 0.1) is 0 Å². The highest BCUT2D eigenvalue weighted by atomic mass is 32.1. The van der Waals surface area contributed by atoms with Crippen molar-refractivity contribution in [2.24, 2.45) is 0 Å². The van der Waals surface area contributed by atoms with Crippen molar-refractivity contribution in [2.75, 3.05) is 5.32 Å². The van der Waals surface area contributed by atoms with Gasteiger partial charge in [-0.3, -0.25) is 4.98 Å². The van der Waals surface area contributed by atoms with E-state index in [4.69, 9.17) is 9.72 Å². The number of nitrogens with one attached hydrogen (secondary N) is 1. The molecule has 1 saturated carbocycles. The Morgan fingerprint density at radius 3 is 2.79 bits per heavy atom. The van der Waals surface area contributed by atoms with Gasteiger partial charge in [0.15, 0.2) is 0 Å². The Hall–Kier alpha value is -1.79. The molecule has 1 aliphatic heterocycles. The van der Waals surface area contributed by atoms with E-state index in [0.717, 1.165) is 40.8 Å². The molecule has 1 aliphatic carbocycles. The third-order valence-electron chi connectivity index (χ3n) is 6.33. The molecule has 29 heavy (non-hydrogen) atoms. The van der Waals surface area contributed by atoms with E-state index in [0.29, 0.717) is 6.04 Å². The van der Waals surface area contributed by atoms with Gasteiger partial charge in [-0.15, -0.1) is 11.3 Å². The highest BCUT2D eigenvalue weighted by Crippen LogP contribution is 2.45. The van der Waals surface area contributed by atoms with Crippen molar-refractivity contribution >= 4 is 37.6 Å². The lowest BCUT2D eigenvalue weighted by Gasteiger charge is -2.37. The van der Waals surface area contributed by atoms with Gasteiger partial charge in [-0.2, -0.15) is 0 Å². The van der Waals surface area contributed by atoms with Gasteiger partial charge in [-0.1, -0.05) is 32.6 Å². The number of ether oxygens (including phenoxy) is 1. The number of hydrogen-bond acceptors (Lipinski definition) is 6. The van der Waals surface area contributed by atoms with E-state index in [1.165, 1.54) is 47.9 Å². The standard InChI is InChI=1S/C23H30N4OS/c1-4-8-17-16-12-24-19-18-21(27-14-9-6-5-7-10-14)25-13-26-22(18)29-20(19)15(16)11-23(2,3)28-17/h12-14,17H,4-11H2,1-3H3,(H,25,26,27). The Kier molecular flexibility index (Phi) is 4.95. The van der Waals surface area contributed by atoms with Crippen molar-refractivity contribution in [3.8, 4) is 0 Å². The van der Waals surface area contributed by atoms with Gasteiger partial charge in [0.25, 0.3) is 0 Å². The predicted octanol–water partition coefficient (Wildman–Crippen LogP) is 6.18. The molecule has 3 aromatic rings. The first kappa shape index (κ1) is 19.2. The molecule has 0 aromatic carbocycles. The van der Waals surface area contributed by atoms with E-state index < -0.39 is 0 Å². The monoisotopic (exact) mass is 410 g/mol. The zero-order valence-corrected chi connectivity index (χ0v) is 18.4. The lowest BCUT2D eigenvalue weighted by atomic mass is 9.88. The molecular weight excluding hydrogens is 380 g/mol. The van der Waals surface area contributed by atoms with Gasteiger partial charge in [0.05, 0.1) is 27.3 Å². The van der Waals surface area contributed by atoms with Crippen LogP contribution in [0.25, 0.3) is 20.4 Å². The summed E-state index contributed by atoms with van der Waals surface area (Å²) in [5, 5.41) is 4.81. The molecule has 0 radical (unpaired) electrons. The van der Waals surface area contributed by atoms with Gasteiger partial charge in [0.1, 0.15) is 17.0 Å². The summed E-state index contributed by atoms with van der Waals surface area (Å²) in [5.74, 6) is 0.956. The molecule has 2 aliphatic rings. The Labute approximate surface area is 176 Å². The molecule has 5 rings (SSSR count). The van der Waals surface area contributed by atoms with Gasteiger partial charge in [0.2, 0.25) is 0 Å². The fourth-order valence-electron chi connectivity index (χ4n) is 4.99. The van der Waals surface area contributed by atoms with Crippen molar-refractivity contribution in [3.05, 3.63) is 23.7 Å². The Balaban J connectivity index is 1.64. The summed E-state index contributed by atoms with van der Waals surface area (Å²) in [6.45, 7) is 6.62. The minimum absolute atomic E-state index is 0.131. The minimum atomic E-state index is -0.161. The summed E-state index contributed by atoms with van der Waals surface area (Å²) in [6, 6.07) is 0.510. The van der Waals surface area contributed by atoms with Crippen LogP contribution in [0.15, 0.2) is 12.5 Å². The number of nitrogens with zero attached hydrogens (tertiary/aromatic N) is 3. The highest BCUT2D eigenvalue weighted by Gasteiger charge is 2.35. The average molecular weight is 411 g/mol. The first-order valence-corrected chi connectivity index (χ1v) is 11.9. The maximum atomic E-state index is 6.41. The van der Waals surface area contributed by atoms with E-state index in [9.17, 15) is 0 Å². The molecule has 1 atom stereocenters. The number of aromatic nitrogens is 3. The molecule has 154 valence electrons. The van der Waals surface area contributed by atoms with Crippen LogP contribution in [0.5, 0.6) is 0 Å². The van der Waals surface area contributed by atoms with E-state index in [1.54, 1.807) is 17.7 Å². The van der Waals surface area contributed by atoms with Crippen molar-refractivity contribution in [1.29, 1.82) is 0 Å². The summed E-state index contributed by atoms with van der Waals surface area (Å²) >= 11 is 1.76. The van der Waals surface area contributed by atoms with E-state index in [-0.39, 0.29) is 11.7 Å². The average Bonchev–Trinajstić information content (AvgIpc) is 3.08. The van der Waals surface area contributed by atoms with Crippen LogP contribution in [0.2, 0.25) is 0 Å². The SMILES string of the molecule is CCCC1OC(C)(C)Cc2c1cnc1c2sc2ncnc(NC3CCCCC3)c21. The third-order valence-corrected chi connectivity index (χ3v) is 7.47. The van der Waals surface area contributed by atoms with Crippen LogP contribution in [-0.4, -0.2) is 26.6 Å².